The molecule has 6 nitrogen and oxygen atoms in total. The lowest BCUT2D eigenvalue weighted by Gasteiger charge is -2.51. The number of halogens is 1. The van der Waals surface area contributed by atoms with Gasteiger partial charge in [0.2, 0.25) is 0 Å². The lowest BCUT2D eigenvalue weighted by Crippen LogP contribution is -2.60. The summed E-state index contributed by atoms with van der Waals surface area (Å²) in [6.07, 6.45) is 0.453. The fourth-order valence-corrected chi connectivity index (χ4v) is 3.06. The van der Waals surface area contributed by atoms with Gasteiger partial charge in [0.05, 0.1) is 12.7 Å². The predicted molar refractivity (Wildman–Crippen MR) is 91.2 cm³/mol. The first kappa shape index (κ1) is 20.1. The van der Waals surface area contributed by atoms with Crippen LogP contribution >= 0.6 is 22.6 Å². The summed E-state index contributed by atoms with van der Waals surface area (Å²) in [5, 5.41) is 21.5. The molecule has 0 amide bonds. The van der Waals surface area contributed by atoms with Gasteiger partial charge in [0.15, 0.2) is 0 Å². The number of hydrogen-bond donors (Lipinski definition) is 2. The minimum atomic E-state index is -0.836. The predicted octanol–water partition coefficient (Wildman–Crippen LogP) is 2.14. The molecule has 0 aromatic carbocycles. The van der Waals surface area contributed by atoms with E-state index in [1.165, 1.54) is 5.06 Å². The number of ether oxygens (including phenoxy) is 2. The fraction of sp³-hybridized carbons (Fsp3) is 0.933. The van der Waals surface area contributed by atoms with Crippen LogP contribution < -0.4 is 0 Å². The number of rotatable bonds is 6. The summed E-state index contributed by atoms with van der Waals surface area (Å²) in [6, 6.07) is 0. The van der Waals surface area contributed by atoms with Crippen molar-refractivity contribution in [1.29, 1.82) is 0 Å². The quantitative estimate of drug-likeness (QED) is 0.383. The highest BCUT2D eigenvalue weighted by atomic mass is 127. The van der Waals surface area contributed by atoms with E-state index in [0.29, 0.717) is 12.8 Å². The highest BCUT2D eigenvalue weighted by Gasteiger charge is 2.45. The first-order chi connectivity index (χ1) is 9.95. The Morgan fingerprint density at radius 3 is 2.23 bits per heavy atom. The van der Waals surface area contributed by atoms with Crippen LogP contribution in [0.2, 0.25) is 0 Å². The molecular formula is C15H28INO5. The molecule has 0 radical (unpaired) electrons. The summed E-state index contributed by atoms with van der Waals surface area (Å²) in [5.41, 5.74) is -0.777. The summed E-state index contributed by atoms with van der Waals surface area (Å²) < 4.78 is 10.5. The SMILES string of the molecule is CC(I)C(=O)OCC(O)COC1CC(C)(C)N(O)C(C)(C)C1. The average Bonchev–Trinajstić information content (AvgIpc) is 2.39. The number of esters is 1. The molecule has 1 rings (SSSR count). The lowest BCUT2D eigenvalue weighted by atomic mass is 9.80. The number of aliphatic hydroxyl groups excluding tert-OH is 1. The van der Waals surface area contributed by atoms with Crippen molar-refractivity contribution < 1.29 is 24.6 Å². The van der Waals surface area contributed by atoms with E-state index in [0.717, 1.165) is 0 Å². The molecule has 1 heterocycles. The topological polar surface area (TPSA) is 79.2 Å². The Balaban J connectivity index is 2.43. The zero-order valence-electron chi connectivity index (χ0n) is 14.0. The van der Waals surface area contributed by atoms with Crippen molar-refractivity contribution in [2.45, 2.75) is 74.7 Å². The molecule has 1 saturated heterocycles. The molecule has 2 N–H and O–H groups in total. The zero-order chi connectivity index (χ0) is 17.1. The number of carbonyl (C=O) groups excluding carboxylic acids is 1. The molecule has 1 aliphatic heterocycles. The molecule has 2 atom stereocenters. The van der Waals surface area contributed by atoms with Crippen LogP contribution in [0.4, 0.5) is 0 Å². The number of aliphatic hydroxyl groups is 1. The van der Waals surface area contributed by atoms with Crippen molar-refractivity contribution in [2.75, 3.05) is 13.2 Å². The Hall–Kier alpha value is 0.0400. The van der Waals surface area contributed by atoms with E-state index >= 15 is 0 Å². The van der Waals surface area contributed by atoms with Gasteiger partial charge in [-0.05, 0) is 47.5 Å². The molecule has 0 spiro atoms. The first-order valence-electron chi connectivity index (χ1n) is 7.55. The van der Waals surface area contributed by atoms with Crippen LogP contribution in [0, 0.1) is 0 Å². The van der Waals surface area contributed by atoms with Crippen LogP contribution in [0.25, 0.3) is 0 Å². The highest BCUT2D eigenvalue weighted by molar-refractivity contribution is 14.1. The van der Waals surface area contributed by atoms with E-state index in [9.17, 15) is 15.1 Å². The average molecular weight is 429 g/mol. The molecule has 0 bridgehead atoms. The van der Waals surface area contributed by atoms with Crippen LogP contribution in [0.3, 0.4) is 0 Å². The maximum Gasteiger partial charge on any atom is 0.318 e. The third-order valence-corrected chi connectivity index (χ3v) is 4.38. The van der Waals surface area contributed by atoms with Crippen molar-refractivity contribution in [3.63, 3.8) is 0 Å². The van der Waals surface area contributed by atoms with Crippen molar-refractivity contribution in [1.82, 2.24) is 5.06 Å². The van der Waals surface area contributed by atoms with Crippen LogP contribution in [-0.2, 0) is 14.3 Å². The van der Waals surface area contributed by atoms with Gasteiger partial charge in [0, 0.05) is 11.1 Å². The molecule has 0 aromatic heterocycles. The maximum absolute atomic E-state index is 11.3. The molecule has 1 aliphatic rings. The summed E-state index contributed by atoms with van der Waals surface area (Å²) >= 11 is 1.97. The molecule has 0 aliphatic carbocycles. The van der Waals surface area contributed by atoms with Gasteiger partial charge in [-0.1, -0.05) is 22.6 Å². The summed E-state index contributed by atoms with van der Waals surface area (Å²) in [4.78, 5) is 11.3. The van der Waals surface area contributed by atoms with Crippen LogP contribution in [0.15, 0.2) is 0 Å². The second-order valence-electron chi connectivity index (χ2n) is 7.20. The van der Waals surface area contributed by atoms with E-state index in [-0.39, 0.29) is 40.3 Å². The van der Waals surface area contributed by atoms with E-state index in [1.807, 2.05) is 50.3 Å². The molecule has 1 fully saturated rings. The molecular weight excluding hydrogens is 401 g/mol. The smallest absolute Gasteiger partial charge is 0.318 e. The third kappa shape index (κ3) is 5.59. The largest absolute Gasteiger partial charge is 0.462 e. The highest BCUT2D eigenvalue weighted by Crippen LogP contribution is 2.37. The first-order valence-corrected chi connectivity index (χ1v) is 8.80. The molecule has 2 unspecified atom stereocenters. The van der Waals surface area contributed by atoms with Crippen molar-refractivity contribution in [3.05, 3.63) is 0 Å². The molecule has 22 heavy (non-hydrogen) atoms. The summed E-state index contributed by atoms with van der Waals surface area (Å²) in [7, 11) is 0. The number of nitrogens with zero attached hydrogens (tertiary/aromatic N) is 1. The van der Waals surface area contributed by atoms with E-state index in [4.69, 9.17) is 9.47 Å². The van der Waals surface area contributed by atoms with E-state index in [1.54, 1.807) is 6.92 Å². The van der Waals surface area contributed by atoms with Crippen LogP contribution in [-0.4, -0.2) is 61.8 Å². The number of alkyl halides is 1. The third-order valence-electron chi connectivity index (χ3n) is 3.87. The van der Waals surface area contributed by atoms with E-state index in [2.05, 4.69) is 0 Å². The van der Waals surface area contributed by atoms with Gasteiger partial charge in [0.25, 0.3) is 0 Å². The van der Waals surface area contributed by atoms with Gasteiger partial charge in [-0.15, -0.1) is 0 Å². The van der Waals surface area contributed by atoms with E-state index < -0.39 is 6.10 Å². The zero-order valence-corrected chi connectivity index (χ0v) is 16.2. The second-order valence-corrected chi connectivity index (χ2v) is 9.07. The fourth-order valence-electron chi connectivity index (χ4n) is 2.89. The second kappa shape index (κ2) is 7.74. The van der Waals surface area contributed by atoms with Gasteiger partial charge < -0.3 is 19.8 Å². The molecule has 0 saturated carbocycles. The van der Waals surface area contributed by atoms with Crippen LogP contribution in [0.5, 0.6) is 0 Å². The van der Waals surface area contributed by atoms with Crippen LogP contribution in [0.1, 0.15) is 47.5 Å². The molecule has 130 valence electrons. The summed E-state index contributed by atoms with van der Waals surface area (Å²) in [6.45, 7) is 9.64. The standard InChI is InChI=1S/C15H28INO5/c1-10(16)13(19)22-9-11(18)8-21-12-6-14(2,3)17(20)15(4,5)7-12/h10-12,18,20H,6-9H2,1-5H3. The Morgan fingerprint density at radius 2 is 1.77 bits per heavy atom. The minimum absolute atomic E-state index is 0.0535. The minimum Gasteiger partial charge on any atom is -0.462 e. The number of carbonyl (C=O) groups is 1. The molecule has 0 aromatic rings. The Labute approximate surface area is 146 Å². The van der Waals surface area contributed by atoms with Gasteiger partial charge in [-0.2, -0.15) is 5.06 Å². The number of hydroxylamine groups is 2. The van der Waals surface area contributed by atoms with Crippen molar-refractivity contribution in [2.24, 2.45) is 0 Å². The van der Waals surface area contributed by atoms with Crippen molar-refractivity contribution >= 4 is 28.6 Å². The Bertz CT molecular complexity index is 368. The lowest BCUT2D eigenvalue weighted by molar-refractivity contribution is -0.262. The maximum atomic E-state index is 11.3. The Morgan fingerprint density at radius 1 is 1.27 bits per heavy atom. The van der Waals surface area contributed by atoms with Crippen molar-refractivity contribution in [3.8, 4) is 0 Å². The van der Waals surface area contributed by atoms with Gasteiger partial charge in [0.1, 0.15) is 16.6 Å². The normalized spacial score (nSPS) is 24.7. The van der Waals surface area contributed by atoms with Gasteiger partial charge in [-0.3, -0.25) is 4.79 Å². The van der Waals surface area contributed by atoms with Gasteiger partial charge >= 0.3 is 5.97 Å². The monoisotopic (exact) mass is 429 g/mol. The number of piperidine rings is 1. The summed E-state index contributed by atoms with van der Waals surface area (Å²) in [5.74, 6) is -0.337. The Kier molecular flexibility index (Phi) is 7.07. The molecule has 7 heteroatoms. The number of hydrogen-bond acceptors (Lipinski definition) is 6. The van der Waals surface area contributed by atoms with Gasteiger partial charge in [-0.25, -0.2) is 0 Å².